The second-order valence-electron chi connectivity index (χ2n) is 10.4. The highest BCUT2D eigenvalue weighted by Crippen LogP contribution is 2.37. The van der Waals surface area contributed by atoms with Crippen molar-refractivity contribution < 1.29 is 19.0 Å². The standard InChI is InChI=1S/C30H37N3O4/c1-20-16-32(17-21(2)37-20)18-22-9-11-23(12-10-22)19-33-30(34)26-8-6-5-7-25(26)29(31-33)24-13-14-27(35-3)28(15-24)36-4/h5-6,9-15,20-21,25-26H,7-8,16-19H2,1-4H3/t20-,21+,25?,26?. The van der Waals surface area contributed by atoms with Gasteiger partial charge in [-0.25, -0.2) is 5.01 Å². The number of nitrogens with zero attached hydrogens (tertiary/aromatic N) is 3. The Kier molecular flexibility index (Phi) is 7.63. The first-order chi connectivity index (χ1) is 17.9. The van der Waals surface area contributed by atoms with Crippen LogP contribution in [0.2, 0.25) is 0 Å². The molecule has 0 radical (unpaired) electrons. The lowest BCUT2D eigenvalue weighted by Crippen LogP contribution is -2.45. The van der Waals surface area contributed by atoms with E-state index >= 15 is 0 Å². The number of fused-ring (bicyclic) bond motifs is 1. The molecule has 7 nitrogen and oxygen atoms in total. The molecule has 2 heterocycles. The normalized spacial score (nSPS) is 26.0. The summed E-state index contributed by atoms with van der Waals surface area (Å²) >= 11 is 0. The van der Waals surface area contributed by atoms with Crippen molar-refractivity contribution in [3.63, 3.8) is 0 Å². The molecule has 1 fully saturated rings. The van der Waals surface area contributed by atoms with Gasteiger partial charge in [0.1, 0.15) is 0 Å². The van der Waals surface area contributed by atoms with Crippen molar-refractivity contribution in [2.24, 2.45) is 16.9 Å². The SMILES string of the molecule is COc1ccc(C2=NN(Cc3ccc(CN4C[C@@H](C)O[C@@H](C)C4)cc3)C(=O)C3CC=CCC23)cc1OC. The Balaban J connectivity index is 1.36. The second kappa shape index (κ2) is 11.1. The minimum Gasteiger partial charge on any atom is -0.493 e. The molecular formula is C30H37N3O4. The number of carbonyl (C=O) groups is 1. The summed E-state index contributed by atoms with van der Waals surface area (Å²) in [5, 5.41) is 6.58. The zero-order chi connectivity index (χ0) is 25.9. The molecule has 0 saturated carbocycles. The molecule has 0 bridgehead atoms. The number of benzene rings is 2. The quantitative estimate of drug-likeness (QED) is 0.515. The third-order valence-corrected chi connectivity index (χ3v) is 7.52. The third-order valence-electron chi connectivity index (χ3n) is 7.52. The van der Waals surface area contributed by atoms with E-state index < -0.39 is 0 Å². The molecule has 1 saturated heterocycles. The van der Waals surface area contributed by atoms with Crippen molar-refractivity contribution in [2.45, 2.75) is 52.0 Å². The average molecular weight is 504 g/mol. The molecule has 196 valence electrons. The number of methoxy groups -OCH3 is 2. The van der Waals surface area contributed by atoms with E-state index in [-0.39, 0.29) is 30.0 Å². The van der Waals surface area contributed by atoms with Gasteiger partial charge >= 0.3 is 0 Å². The Morgan fingerprint density at radius 3 is 2.14 bits per heavy atom. The van der Waals surface area contributed by atoms with Crippen LogP contribution in [-0.2, 0) is 22.6 Å². The van der Waals surface area contributed by atoms with Gasteiger partial charge in [-0.1, -0.05) is 36.4 Å². The molecule has 1 aliphatic carbocycles. The Morgan fingerprint density at radius 1 is 0.865 bits per heavy atom. The van der Waals surface area contributed by atoms with Crippen molar-refractivity contribution in [2.75, 3.05) is 27.3 Å². The van der Waals surface area contributed by atoms with E-state index in [2.05, 4.69) is 55.2 Å². The van der Waals surface area contributed by atoms with E-state index in [4.69, 9.17) is 19.3 Å². The lowest BCUT2D eigenvalue weighted by atomic mass is 9.76. The molecule has 0 N–H and O–H groups in total. The summed E-state index contributed by atoms with van der Waals surface area (Å²) in [6.07, 6.45) is 6.34. The maximum absolute atomic E-state index is 13.5. The molecule has 4 atom stereocenters. The molecule has 7 heteroatoms. The first kappa shape index (κ1) is 25.5. The van der Waals surface area contributed by atoms with Crippen LogP contribution in [0.1, 0.15) is 43.4 Å². The van der Waals surface area contributed by atoms with Gasteiger partial charge in [-0.15, -0.1) is 0 Å². The molecule has 2 aromatic carbocycles. The number of ether oxygens (including phenoxy) is 3. The van der Waals surface area contributed by atoms with Gasteiger partial charge in [0.25, 0.3) is 0 Å². The summed E-state index contributed by atoms with van der Waals surface area (Å²) < 4.78 is 16.8. The fourth-order valence-electron chi connectivity index (χ4n) is 5.81. The molecule has 37 heavy (non-hydrogen) atoms. The molecule has 1 amide bonds. The Hall–Kier alpha value is -3.16. The van der Waals surface area contributed by atoms with Crippen LogP contribution in [0.3, 0.4) is 0 Å². The van der Waals surface area contributed by atoms with Crippen molar-refractivity contribution >= 4 is 11.6 Å². The number of allylic oxidation sites excluding steroid dienone is 2. The fourth-order valence-corrected chi connectivity index (χ4v) is 5.81. The van der Waals surface area contributed by atoms with Crippen LogP contribution in [0, 0.1) is 11.8 Å². The summed E-state index contributed by atoms with van der Waals surface area (Å²) in [7, 11) is 3.27. The Bertz CT molecular complexity index is 1170. The van der Waals surface area contributed by atoms with Crippen LogP contribution in [0.15, 0.2) is 59.7 Å². The molecule has 2 aliphatic heterocycles. The summed E-state index contributed by atoms with van der Waals surface area (Å²) in [4.78, 5) is 15.9. The maximum Gasteiger partial charge on any atom is 0.247 e. The lowest BCUT2D eigenvalue weighted by molar-refractivity contribution is -0.138. The number of rotatable bonds is 7. The van der Waals surface area contributed by atoms with E-state index in [1.165, 1.54) is 5.56 Å². The smallest absolute Gasteiger partial charge is 0.247 e. The largest absolute Gasteiger partial charge is 0.493 e. The van der Waals surface area contributed by atoms with Gasteiger partial charge < -0.3 is 14.2 Å². The van der Waals surface area contributed by atoms with E-state index in [0.717, 1.165) is 49.3 Å². The van der Waals surface area contributed by atoms with E-state index in [1.807, 2.05) is 18.2 Å². The predicted molar refractivity (Wildman–Crippen MR) is 144 cm³/mol. The Labute approximate surface area is 219 Å². The molecule has 3 aliphatic rings. The molecule has 2 aromatic rings. The molecule has 0 spiro atoms. The Morgan fingerprint density at radius 2 is 1.49 bits per heavy atom. The minimum absolute atomic E-state index is 0.0625. The van der Waals surface area contributed by atoms with Gasteiger partial charge in [0, 0.05) is 31.1 Å². The van der Waals surface area contributed by atoms with Crippen LogP contribution in [0.5, 0.6) is 11.5 Å². The van der Waals surface area contributed by atoms with Gasteiger partial charge in [-0.3, -0.25) is 9.69 Å². The number of amides is 1. The van der Waals surface area contributed by atoms with Gasteiger partial charge in [0.15, 0.2) is 11.5 Å². The highest BCUT2D eigenvalue weighted by molar-refractivity contribution is 6.07. The van der Waals surface area contributed by atoms with Crippen molar-refractivity contribution in [3.05, 3.63) is 71.3 Å². The third kappa shape index (κ3) is 5.58. The topological polar surface area (TPSA) is 63.6 Å². The van der Waals surface area contributed by atoms with Crippen LogP contribution < -0.4 is 9.47 Å². The molecule has 0 aromatic heterocycles. The van der Waals surface area contributed by atoms with Crippen LogP contribution in [0.25, 0.3) is 0 Å². The zero-order valence-electron chi connectivity index (χ0n) is 22.2. The number of hydrazone groups is 1. The maximum atomic E-state index is 13.5. The van der Waals surface area contributed by atoms with E-state index in [1.54, 1.807) is 19.2 Å². The van der Waals surface area contributed by atoms with Crippen LogP contribution in [-0.4, -0.2) is 61.0 Å². The van der Waals surface area contributed by atoms with Crippen molar-refractivity contribution in [1.29, 1.82) is 0 Å². The first-order valence-electron chi connectivity index (χ1n) is 13.2. The van der Waals surface area contributed by atoms with Gasteiger partial charge in [0.05, 0.1) is 44.6 Å². The molecule has 5 rings (SSSR count). The highest BCUT2D eigenvalue weighted by atomic mass is 16.5. The second-order valence-corrected chi connectivity index (χ2v) is 10.4. The summed E-state index contributed by atoms with van der Waals surface area (Å²) in [6, 6.07) is 14.4. The van der Waals surface area contributed by atoms with Crippen molar-refractivity contribution in [1.82, 2.24) is 9.91 Å². The highest BCUT2D eigenvalue weighted by Gasteiger charge is 2.40. The average Bonchev–Trinajstić information content (AvgIpc) is 2.90. The summed E-state index contributed by atoms with van der Waals surface area (Å²) in [5.41, 5.74) is 4.23. The predicted octanol–water partition coefficient (Wildman–Crippen LogP) is 4.64. The van der Waals surface area contributed by atoms with E-state index in [9.17, 15) is 4.79 Å². The zero-order valence-corrected chi connectivity index (χ0v) is 22.2. The number of hydrogen-bond donors (Lipinski definition) is 0. The minimum atomic E-state index is -0.102. The van der Waals surface area contributed by atoms with Crippen LogP contribution >= 0.6 is 0 Å². The number of morpholine rings is 1. The summed E-state index contributed by atoms with van der Waals surface area (Å²) in [5.74, 6) is 1.40. The lowest BCUT2D eigenvalue weighted by Gasteiger charge is -2.37. The number of hydrogen-bond acceptors (Lipinski definition) is 6. The fraction of sp³-hybridized carbons (Fsp3) is 0.467. The molecular weight excluding hydrogens is 466 g/mol. The first-order valence-corrected chi connectivity index (χ1v) is 13.2. The van der Waals surface area contributed by atoms with Crippen LogP contribution in [0.4, 0.5) is 0 Å². The summed E-state index contributed by atoms with van der Waals surface area (Å²) in [6.45, 7) is 7.50. The van der Waals surface area contributed by atoms with Crippen molar-refractivity contribution in [3.8, 4) is 11.5 Å². The van der Waals surface area contributed by atoms with Gasteiger partial charge in [-0.2, -0.15) is 5.10 Å². The van der Waals surface area contributed by atoms with E-state index in [0.29, 0.717) is 18.0 Å². The number of carbonyl (C=O) groups excluding carboxylic acids is 1. The van der Waals surface area contributed by atoms with Gasteiger partial charge in [-0.05, 0) is 56.0 Å². The monoisotopic (exact) mass is 503 g/mol. The molecule has 2 unspecified atom stereocenters. The van der Waals surface area contributed by atoms with Gasteiger partial charge in [0.2, 0.25) is 5.91 Å².